The van der Waals surface area contributed by atoms with Crippen molar-refractivity contribution in [3.63, 3.8) is 0 Å². The lowest BCUT2D eigenvalue weighted by atomic mass is 9.93. The van der Waals surface area contributed by atoms with Gasteiger partial charge in [-0.1, -0.05) is 0 Å². The Hall–Kier alpha value is -0.610. The van der Waals surface area contributed by atoms with E-state index in [4.69, 9.17) is 4.42 Å². The highest BCUT2D eigenvalue weighted by atomic mass is 79.9. The second kappa shape index (κ2) is 4.94. The van der Waals surface area contributed by atoms with Gasteiger partial charge in [0, 0.05) is 12.5 Å². The maximum atomic E-state index is 11.9. The smallest absolute Gasteiger partial charge is 0.169 e. The molecule has 1 atom stereocenters. The molecule has 0 saturated carbocycles. The zero-order valence-corrected chi connectivity index (χ0v) is 10.0. The largest absolute Gasteiger partial charge is 0.454 e. The summed E-state index contributed by atoms with van der Waals surface area (Å²) in [7, 11) is 0. The summed E-state index contributed by atoms with van der Waals surface area (Å²) >= 11 is 3.23. The minimum atomic E-state index is 0.169. The molecule has 15 heavy (non-hydrogen) atoms. The van der Waals surface area contributed by atoms with Gasteiger partial charge in [-0.25, -0.2) is 0 Å². The average Bonchev–Trinajstić information content (AvgIpc) is 2.65. The molecule has 3 nitrogen and oxygen atoms in total. The maximum absolute atomic E-state index is 11.9. The molecule has 1 aromatic rings. The van der Waals surface area contributed by atoms with E-state index < -0.39 is 0 Å². The number of carbonyl (C=O) groups is 1. The summed E-state index contributed by atoms with van der Waals surface area (Å²) < 4.78 is 6.01. The van der Waals surface area contributed by atoms with Gasteiger partial charge < -0.3 is 9.73 Å². The number of ketones is 1. The molecule has 0 spiro atoms. The van der Waals surface area contributed by atoms with E-state index in [0.29, 0.717) is 11.1 Å². The van der Waals surface area contributed by atoms with Crippen molar-refractivity contribution in [2.75, 3.05) is 13.1 Å². The molecule has 0 bridgehead atoms. The van der Waals surface area contributed by atoms with Crippen LogP contribution in [0.1, 0.15) is 18.6 Å². The van der Waals surface area contributed by atoms with Crippen LogP contribution in [0.15, 0.2) is 21.2 Å². The monoisotopic (exact) mass is 271 g/mol. The van der Waals surface area contributed by atoms with Crippen molar-refractivity contribution >= 4 is 21.7 Å². The molecule has 4 heteroatoms. The van der Waals surface area contributed by atoms with Crippen molar-refractivity contribution in [1.29, 1.82) is 0 Å². The molecule has 1 fully saturated rings. The van der Waals surface area contributed by atoms with Crippen LogP contribution in [0, 0.1) is 5.92 Å². The Bertz CT molecular complexity index is 342. The molecule has 1 saturated heterocycles. The molecular formula is C11H14BrNO2. The van der Waals surface area contributed by atoms with Gasteiger partial charge in [0.25, 0.3) is 0 Å². The third-order valence-corrected chi connectivity index (χ3v) is 3.16. The lowest BCUT2D eigenvalue weighted by Crippen LogP contribution is -2.35. The Balaban J connectivity index is 1.91. The number of halogens is 1. The van der Waals surface area contributed by atoms with Crippen LogP contribution in [0.5, 0.6) is 0 Å². The average molecular weight is 272 g/mol. The minimum Gasteiger partial charge on any atom is -0.454 e. The molecule has 2 heterocycles. The fourth-order valence-corrected chi connectivity index (χ4v) is 2.23. The van der Waals surface area contributed by atoms with Crippen LogP contribution >= 0.6 is 15.9 Å². The molecular weight excluding hydrogens is 258 g/mol. The van der Waals surface area contributed by atoms with E-state index in [1.54, 1.807) is 0 Å². The predicted molar refractivity (Wildman–Crippen MR) is 60.7 cm³/mol. The number of rotatable bonds is 3. The van der Waals surface area contributed by atoms with Crippen molar-refractivity contribution < 1.29 is 9.21 Å². The molecule has 0 radical (unpaired) electrons. The van der Waals surface area contributed by atoms with Crippen LogP contribution in [-0.2, 0) is 11.2 Å². The highest BCUT2D eigenvalue weighted by molar-refractivity contribution is 9.10. The van der Waals surface area contributed by atoms with E-state index in [2.05, 4.69) is 21.2 Å². The molecule has 1 aliphatic heterocycles. The number of furan rings is 1. The quantitative estimate of drug-likeness (QED) is 0.916. The summed E-state index contributed by atoms with van der Waals surface area (Å²) in [5.74, 6) is 1.20. The van der Waals surface area contributed by atoms with Crippen molar-refractivity contribution in [2.24, 2.45) is 5.92 Å². The Kier molecular flexibility index (Phi) is 3.59. The summed E-state index contributed by atoms with van der Waals surface area (Å²) in [5.41, 5.74) is 0. The molecule has 0 aromatic carbocycles. The number of Topliss-reactive ketones (excluding diaryl/α,β-unsaturated/α-hetero) is 1. The molecule has 1 unspecified atom stereocenters. The SMILES string of the molecule is O=C(Cc1ccc(Br)o1)C1CCCNC1. The molecule has 0 aliphatic carbocycles. The van der Waals surface area contributed by atoms with Crippen LogP contribution in [0.2, 0.25) is 0 Å². The van der Waals surface area contributed by atoms with Crippen molar-refractivity contribution in [3.8, 4) is 0 Å². The summed E-state index contributed by atoms with van der Waals surface area (Å²) in [6.45, 7) is 1.86. The van der Waals surface area contributed by atoms with Crippen molar-refractivity contribution in [1.82, 2.24) is 5.32 Å². The molecule has 2 rings (SSSR count). The van der Waals surface area contributed by atoms with Gasteiger partial charge in [-0.3, -0.25) is 4.79 Å². The van der Waals surface area contributed by atoms with Gasteiger partial charge in [0.1, 0.15) is 11.5 Å². The van der Waals surface area contributed by atoms with E-state index in [9.17, 15) is 4.79 Å². The van der Waals surface area contributed by atoms with Crippen LogP contribution in [0.3, 0.4) is 0 Å². The van der Waals surface area contributed by atoms with Gasteiger partial charge in [0.15, 0.2) is 4.67 Å². The van der Waals surface area contributed by atoms with Crippen molar-refractivity contribution in [2.45, 2.75) is 19.3 Å². The Morgan fingerprint density at radius 1 is 1.60 bits per heavy atom. The summed E-state index contributed by atoms with van der Waals surface area (Å²) in [4.78, 5) is 11.9. The second-order valence-electron chi connectivity index (χ2n) is 3.89. The topological polar surface area (TPSA) is 42.2 Å². The molecule has 1 aromatic heterocycles. The normalized spacial score (nSPS) is 21.5. The first-order chi connectivity index (χ1) is 7.25. The van der Waals surface area contributed by atoms with Gasteiger partial charge >= 0.3 is 0 Å². The molecule has 82 valence electrons. The first-order valence-corrected chi connectivity index (χ1v) is 6.02. The van der Waals surface area contributed by atoms with E-state index in [1.165, 1.54) is 0 Å². The van der Waals surface area contributed by atoms with E-state index >= 15 is 0 Å². The van der Waals surface area contributed by atoms with Crippen LogP contribution < -0.4 is 5.32 Å². The fraction of sp³-hybridized carbons (Fsp3) is 0.545. The first-order valence-electron chi connectivity index (χ1n) is 5.23. The lowest BCUT2D eigenvalue weighted by molar-refractivity contribution is -0.122. The van der Waals surface area contributed by atoms with E-state index in [-0.39, 0.29) is 11.7 Å². The number of nitrogens with one attached hydrogen (secondary N) is 1. The zero-order valence-electron chi connectivity index (χ0n) is 8.46. The standard InChI is InChI=1S/C11H14BrNO2/c12-11-4-3-9(15-11)6-10(14)8-2-1-5-13-7-8/h3-4,8,13H,1-2,5-7H2. The van der Waals surface area contributed by atoms with E-state index in [0.717, 1.165) is 31.7 Å². The van der Waals surface area contributed by atoms with Gasteiger partial charge in [0.2, 0.25) is 0 Å². The zero-order chi connectivity index (χ0) is 10.7. The fourth-order valence-electron chi connectivity index (χ4n) is 1.89. The molecule has 1 N–H and O–H groups in total. The number of carbonyl (C=O) groups excluding carboxylic acids is 1. The first kappa shape index (κ1) is 10.9. The summed E-state index contributed by atoms with van der Waals surface area (Å²) in [6.07, 6.45) is 2.52. The molecule has 1 aliphatic rings. The van der Waals surface area contributed by atoms with Crippen LogP contribution in [0.4, 0.5) is 0 Å². The highest BCUT2D eigenvalue weighted by Crippen LogP contribution is 2.18. The Morgan fingerprint density at radius 2 is 2.47 bits per heavy atom. The number of piperidine rings is 1. The maximum Gasteiger partial charge on any atom is 0.169 e. The Labute approximate surface area is 97.4 Å². The minimum absolute atomic E-state index is 0.169. The van der Waals surface area contributed by atoms with Gasteiger partial charge in [-0.15, -0.1) is 0 Å². The van der Waals surface area contributed by atoms with Gasteiger partial charge in [-0.05, 0) is 47.4 Å². The second-order valence-corrected chi connectivity index (χ2v) is 4.67. The van der Waals surface area contributed by atoms with Crippen molar-refractivity contribution in [3.05, 3.63) is 22.6 Å². The third kappa shape index (κ3) is 2.92. The van der Waals surface area contributed by atoms with Crippen LogP contribution in [0.25, 0.3) is 0 Å². The third-order valence-electron chi connectivity index (χ3n) is 2.73. The van der Waals surface area contributed by atoms with Crippen LogP contribution in [-0.4, -0.2) is 18.9 Å². The molecule has 0 amide bonds. The number of hydrogen-bond donors (Lipinski definition) is 1. The predicted octanol–water partition coefficient (Wildman–Crippen LogP) is 2.15. The number of hydrogen-bond acceptors (Lipinski definition) is 3. The Morgan fingerprint density at radius 3 is 3.07 bits per heavy atom. The van der Waals surface area contributed by atoms with Gasteiger partial charge in [0.05, 0.1) is 6.42 Å². The van der Waals surface area contributed by atoms with E-state index in [1.807, 2.05) is 12.1 Å². The highest BCUT2D eigenvalue weighted by Gasteiger charge is 2.21. The lowest BCUT2D eigenvalue weighted by Gasteiger charge is -2.20. The summed E-state index contributed by atoms with van der Waals surface area (Å²) in [6, 6.07) is 3.67. The summed E-state index contributed by atoms with van der Waals surface area (Å²) in [5, 5.41) is 3.25. The van der Waals surface area contributed by atoms with Gasteiger partial charge in [-0.2, -0.15) is 0 Å².